The highest BCUT2D eigenvalue weighted by Gasteiger charge is 2.14. The molecule has 0 radical (unpaired) electrons. The van der Waals surface area contributed by atoms with E-state index in [1.807, 2.05) is 0 Å². The van der Waals surface area contributed by atoms with Crippen molar-refractivity contribution in [3.63, 3.8) is 0 Å². The second-order valence-corrected chi connectivity index (χ2v) is 4.81. The fourth-order valence-corrected chi connectivity index (χ4v) is 2.00. The van der Waals surface area contributed by atoms with Crippen LogP contribution in [0.4, 0.5) is 11.4 Å². The summed E-state index contributed by atoms with van der Waals surface area (Å²) in [6.45, 7) is 1.57. The first kappa shape index (κ1) is 14.8. The van der Waals surface area contributed by atoms with E-state index in [0.29, 0.717) is 16.3 Å². The van der Waals surface area contributed by atoms with Crippen LogP contribution < -0.4 is 5.32 Å². The van der Waals surface area contributed by atoms with Gasteiger partial charge < -0.3 is 10.4 Å². The van der Waals surface area contributed by atoms with Crippen molar-refractivity contribution in [2.24, 2.45) is 0 Å². The molecule has 0 heterocycles. The molecular formula is C14H11ClN2O4. The zero-order valence-corrected chi connectivity index (χ0v) is 11.7. The fraction of sp³-hybridized carbons (Fsp3) is 0.0714. The molecule has 0 spiro atoms. The normalized spacial score (nSPS) is 10.2. The average Bonchev–Trinajstić information content (AvgIpc) is 2.41. The van der Waals surface area contributed by atoms with Crippen molar-refractivity contribution in [3.05, 3.63) is 62.7 Å². The molecule has 2 aromatic rings. The predicted molar refractivity (Wildman–Crippen MR) is 78.9 cm³/mol. The third-order valence-electron chi connectivity index (χ3n) is 2.85. The monoisotopic (exact) mass is 306 g/mol. The minimum absolute atomic E-state index is 0.0264. The molecule has 0 atom stereocenters. The van der Waals surface area contributed by atoms with Crippen LogP contribution in [-0.4, -0.2) is 15.9 Å². The van der Waals surface area contributed by atoms with Crippen molar-refractivity contribution in [1.29, 1.82) is 0 Å². The van der Waals surface area contributed by atoms with Gasteiger partial charge in [-0.05, 0) is 37.3 Å². The summed E-state index contributed by atoms with van der Waals surface area (Å²) in [5, 5.41) is 23.2. The number of nitrogens with one attached hydrogen (secondary N) is 1. The lowest BCUT2D eigenvalue weighted by atomic mass is 10.1. The number of nitrogens with zero attached hydrogens (tertiary/aromatic N) is 1. The summed E-state index contributed by atoms with van der Waals surface area (Å²) in [6, 6.07) is 8.33. The molecule has 2 aromatic carbocycles. The molecule has 2 rings (SSSR count). The van der Waals surface area contributed by atoms with Crippen molar-refractivity contribution < 1.29 is 14.8 Å². The van der Waals surface area contributed by atoms with Gasteiger partial charge in [0, 0.05) is 22.3 Å². The molecule has 0 fully saturated rings. The number of amides is 1. The summed E-state index contributed by atoms with van der Waals surface area (Å²) in [6.07, 6.45) is 0. The smallest absolute Gasteiger partial charge is 0.272 e. The van der Waals surface area contributed by atoms with Crippen molar-refractivity contribution in [1.82, 2.24) is 0 Å². The fourth-order valence-electron chi connectivity index (χ4n) is 1.83. The number of hydrogen-bond acceptors (Lipinski definition) is 4. The van der Waals surface area contributed by atoms with Gasteiger partial charge in [0.25, 0.3) is 11.6 Å². The highest BCUT2D eigenvalue weighted by atomic mass is 35.5. The lowest BCUT2D eigenvalue weighted by molar-refractivity contribution is -0.385. The standard InChI is InChI=1S/C14H11ClN2O4/c1-8-6-10(3-4-12(8)17(20)21)16-14(19)11-7-9(15)2-5-13(11)18/h2-7,18H,1H3,(H,16,19). The van der Waals surface area contributed by atoms with E-state index in [1.165, 1.54) is 36.4 Å². The maximum atomic E-state index is 12.1. The summed E-state index contributed by atoms with van der Waals surface area (Å²) >= 11 is 5.78. The van der Waals surface area contributed by atoms with Crippen LogP contribution in [-0.2, 0) is 0 Å². The number of rotatable bonds is 3. The van der Waals surface area contributed by atoms with E-state index < -0.39 is 10.8 Å². The van der Waals surface area contributed by atoms with E-state index in [0.717, 1.165) is 0 Å². The maximum Gasteiger partial charge on any atom is 0.272 e. The summed E-state index contributed by atoms with van der Waals surface area (Å²) in [4.78, 5) is 22.3. The molecule has 108 valence electrons. The number of aryl methyl sites for hydroxylation is 1. The first-order chi connectivity index (χ1) is 9.88. The van der Waals surface area contributed by atoms with Crippen LogP contribution >= 0.6 is 11.6 Å². The van der Waals surface area contributed by atoms with Crippen LogP contribution in [0.15, 0.2) is 36.4 Å². The number of carbonyl (C=O) groups excluding carboxylic acids is 1. The van der Waals surface area contributed by atoms with Crippen molar-refractivity contribution in [3.8, 4) is 5.75 Å². The van der Waals surface area contributed by atoms with Crippen LogP contribution in [0.3, 0.4) is 0 Å². The minimum atomic E-state index is -0.553. The van der Waals surface area contributed by atoms with Crippen LogP contribution in [0.25, 0.3) is 0 Å². The van der Waals surface area contributed by atoms with Gasteiger partial charge in [-0.2, -0.15) is 0 Å². The summed E-state index contributed by atoms with van der Waals surface area (Å²) in [5.41, 5.74) is 0.813. The van der Waals surface area contributed by atoms with Gasteiger partial charge in [0.15, 0.2) is 0 Å². The molecule has 7 heteroatoms. The lowest BCUT2D eigenvalue weighted by Gasteiger charge is -2.08. The average molecular weight is 307 g/mol. The number of aromatic hydroxyl groups is 1. The van der Waals surface area contributed by atoms with E-state index in [4.69, 9.17) is 11.6 Å². The Morgan fingerprint density at radius 1 is 1.29 bits per heavy atom. The molecule has 0 aliphatic heterocycles. The molecule has 0 saturated carbocycles. The zero-order chi connectivity index (χ0) is 15.6. The molecule has 0 aliphatic carbocycles. The lowest BCUT2D eigenvalue weighted by Crippen LogP contribution is -2.12. The second-order valence-electron chi connectivity index (χ2n) is 4.37. The number of benzene rings is 2. The van der Waals surface area contributed by atoms with E-state index in [1.54, 1.807) is 6.92 Å². The van der Waals surface area contributed by atoms with E-state index >= 15 is 0 Å². The minimum Gasteiger partial charge on any atom is -0.507 e. The Labute approximate surface area is 125 Å². The molecule has 1 amide bonds. The quantitative estimate of drug-likeness (QED) is 0.670. The SMILES string of the molecule is Cc1cc(NC(=O)c2cc(Cl)ccc2O)ccc1[N+](=O)[O-]. The third-order valence-corrected chi connectivity index (χ3v) is 3.09. The second kappa shape index (κ2) is 5.80. The van der Waals surface area contributed by atoms with Gasteiger partial charge in [-0.3, -0.25) is 14.9 Å². The number of phenolic OH excluding ortho intramolecular Hbond substituents is 1. The van der Waals surface area contributed by atoms with Crippen molar-refractivity contribution in [2.45, 2.75) is 6.92 Å². The van der Waals surface area contributed by atoms with E-state index in [-0.39, 0.29) is 17.0 Å². The van der Waals surface area contributed by atoms with Gasteiger partial charge in [0.1, 0.15) is 5.75 Å². The van der Waals surface area contributed by atoms with E-state index in [9.17, 15) is 20.0 Å². The largest absolute Gasteiger partial charge is 0.507 e. The summed E-state index contributed by atoms with van der Waals surface area (Å²) < 4.78 is 0. The number of anilines is 1. The summed E-state index contributed by atoms with van der Waals surface area (Å²) in [7, 11) is 0. The van der Waals surface area contributed by atoms with Crippen LogP contribution in [0, 0.1) is 17.0 Å². The Hall–Kier alpha value is -2.60. The highest BCUT2D eigenvalue weighted by Crippen LogP contribution is 2.25. The van der Waals surface area contributed by atoms with Crippen LogP contribution in [0.1, 0.15) is 15.9 Å². The molecule has 0 unspecified atom stereocenters. The van der Waals surface area contributed by atoms with Crippen molar-refractivity contribution >= 4 is 28.9 Å². The number of halogens is 1. The first-order valence-corrected chi connectivity index (χ1v) is 6.31. The van der Waals surface area contributed by atoms with Crippen LogP contribution in [0.2, 0.25) is 5.02 Å². The van der Waals surface area contributed by atoms with E-state index in [2.05, 4.69) is 5.32 Å². The molecule has 0 aliphatic rings. The number of nitro groups is 1. The van der Waals surface area contributed by atoms with Gasteiger partial charge in [-0.15, -0.1) is 0 Å². The molecule has 0 aromatic heterocycles. The Bertz CT molecular complexity index is 731. The predicted octanol–water partition coefficient (Wildman–Crippen LogP) is 3.51. The van der Waals surface area contributed by atoms with Gasteiger partial charge in [-0.1, -0.05) is 11.6 Å². The maximum absolute atomic E-state index is 12.1. The molecule has 2 N–H and O–H groups in total. The summed E-state index contributed by atoms with van der Waals surface area (Å²) in [5.74, 6) is -0.751. The Kier molecular flexibility index (Phi) is 4.09. The van der Waals surface area contributed by atoms with Gasteiger partial charge >= 0.3 is 0 Å². The Balaban J connectivity index is 2.26. The first-order valence-electron chi connectivity index (χ1n) is 5.93. The number of hydrogen-bond donors (Lipinski definition) is 2. The van der Waals surface area contributed by atoms with Gasteiger partial charge in [-0.25, -0.2) is 0 Å². The highest BCUT2D eigenvalue weighted by molar-refractivity contribution is 6.31. The zero-order valence-electron chi connectivity index (χ0n) is 11.0. The van der Waals surface area contributed by atoms with Gasteiger partial charge in [0.05, 0.1) is 10.5 Å². The molecule has 21 heavy (non-hydrogen) atoms. The number of phenols is 1. The van der Waals surface area contributed by atoms with Crippen LogP contribution in [0.5, 0.6) is 5.75 Å². The van der Waals surface area contributed by atoms with Crippen molar-refractivity contribution in [2.75, 3.05) is 5.32 Å². The number of nitro benzene ring substituents is 1. The number of carbonyl (C=O) groups is 1. The Morgan fingerprint density at radius 3 is 2.62 bits per heavy atom. The molecule has 0 saturated heterocycles. The third kappa shape index (κ3) is 3.29. The Morgan fingerprint density at radius 2 is 2.00 bits per heavy atom. The van der Waals surface area contributed by atoms with Gasteiger partial charge in [0.2, 0.25) is 0 Å². The molecule has 0 bridgehead atoms. The molecular weight excluding hydrogens is 296 g/mol. The molecule has 6 nitrogen and oxygen atoms in total. The topological polar surface area (TPSA) is 92.5 Å².